The molecule has 2 heterocycles. The Bertz CT molecular complexity index is 1210. The largest absolute Gasteiger partial charge is 0.452 e. The molecule has 0 saturated carbocycles. The highest BCUT2D eigenvalue weighted by molar-refractivity contribution is 7.13. The molecule has 2 aromatic heterocycles. The van der Waals surface area contributed by atoms with Gasteiger partial charge in [-0.25, -0.2) is 9.78 Å². The van der Waals surface area contributed by atoms with E-state index >= 15 is 0 Å². The molecule has 0 aliphatic rings. The van der Waals surface area contributed by atoms with Crippen LogP contribution in [0.5, 0.6) is 0 Å². The fraction of sp³-hybridized carbons (Fsp3) is 0.0870. The van der Waals surface area contributed by atoms with Gasteiger partial charge in [0.15, 0.2) is 6.61 Å². The molecule has 30 heavy (non-hydrogen) atoms. The van der Waals surface area contributed by atoms with Gasteiger partial charge in [-0.2, -0.15) is 0 Å². The molecule has 2 aromatic carbocycles. The highest BCUT2D eigenvalue weighted by Crippen LogP contribution is 2.28. The number of aromatic nitrogens is 1. The minimum absolute atomic E-state index is 0.303. The van der Waals surface area contributed by atoms with Gasteiger partial charge >= 0.3 is 5.97 Å². The van der Waals surface area contributed by atoms with Gasteiger partial charge < -0.3 is 10.1 Å². The average molecular weight is 437 g/mol. The molecule has 0 saturated heterocycles. The summed E-state index contributed by atoms with van der Waals surface area (Å²) < 4.78 is 5.28. The van der Waals surface area contributed by atoms with Crippen LogP contribution in [0.1, 0.15) is 15.9 Å². The first-order valence-corrected chi connectivity index (χ1v) is 10.5. The first-order valence-electron chi connectivity index (χ1n) is 9.22. The van der Waals surface area contributed by atoms with Gasteiger partial charge in [0, 0.05) is 17.0 Å². The number of carbonyl (C=O) groups is 2. The quantitative estimate of drug-likeness (QED) is 0.427. The molecule has 4 rings (SSSR count). The minimum Gasteiger partial charge on any atom is -0.452 e. The molecule has 0 unspecified atom stereocenters. The van der Waals surface area contributed by atoms with Crippen molar-refractivity contribution < 1.29 is 14.3 Å². The SMILES string of the molecule is O=C(COC(=O)c1cc(-c2cccs2)nc2ccccc12)NCc1cccc(Cl)c1. The zero-order valence-corrected chi connectivity index (χ0v) is 17.4. The van der Waals surface area contributed by atoms with Crippen LogP contribution in [0.4, 0.5) is 0 Å². The molecule has 0 radical (unpaired) electrons. The van der Waals surface area contributed by atoms with Gasteiger partial charge in [0.1, 0.15) is 0 Å². The van der Waals surface area contributed by atoms with Crippen molar-refractivity contribution in [2.24, 2.45) is 0 Å². The van der Waals surface area contributed by atoms with Crippen molar-refractivity contribution in [2.45, 2.75) is 6.54 Å². The number of amides is 1. The first-order chi connectivity index (χ1) is 14.6. The number of para-hydroxylation sites is 1. The Morgan fingerprint density at radius 2 is 1.90 bits per heavy atom. The number of ether oxygens (including phenoxy) is 1. The van der Waals surface area contributed by atoms with Crippen molar-refractivity contribution in [3.63, 3.8) is 0 Å². The van der Waals surface area contributed by atoms with Crippen LogP contribution >= 0.6 is 22.9 Å². The van der Waals surface area contributed by atoms with E-state index < -0.39 is 5.97 Å². The number of nitrogens with one attached hydrogen (secondary N) is 1. The Kier molecular flexibility index (Phi) is 6.07. The molecule has 0 aliphatic heterocycles. The highest BCUT2D eigenvalue weighted by atomic mass is 35.5. The molecular weight excluding hydrogens is 420 g/mol. The van der Waals surface area contributed by atoms with Crippen molar-refractivity contribution in [3.05, 3.63) is 88.3 Å². The molecule has 0 bridgehead atoms. The fourth-order valence-corrected chi connectivity index (χ4v) is 3.90. The number of carbonyl (C=O) groups excluding carboxylic acids is 2. The molecule has 0 aliphatic carbocycles. The molecule has 5 nitrogen and oxygen atoms in total. The molecule has 0 fully saturated rings. The lowest BCUT2D eigenvalue weighted by atomic mass is 10.1. The maximum Gasteiger partial charge on any atom is 0.339 e. The Hall–Kier alpha value is -3.22. The van der Waals surface area contributed by atoms with E-state index in [0.717, 1.165) is 10.4 Å². The average Bonchev–Trinajstić information content (AvgIpc) is 3.30. The standard InChI is InChI=1S/C23H17ClN2O3S/c24-16-6-3-5-15(11-16)13-25-22(27)14-29-23(28)18-12-20(21-9-4-10-30-21)26-19-8-2-1-7-17(18)19/h1-12H,13-14H2,(H,25,27). The zero-order chi connectivity index (χ0) is 20.9. The Morgan fingerprint density at radius 3 is 2.70 bits per heavy atom. The molecule has 7 heteroatoms. The lowest BCUT2D eigenvalue weighted by molar-refractivity contribution is -0.124. The van der Waals surface area contributed by atoms with Crippen molar-refractivity contribution in [1.29, 1.82) is 0 Å². The monoisotopic (exact) mass is 436 g/mol. The maximum absolute atomic E-state index is 12.8. The Balaban J connectivity index is 1.47. The van der Waals surface area contributed by atoms with Gasteiger partial charge in [-0.3, -0.25) is 4.79 Å². The van der Waals surface area contributed by atoms with Gasteiger partial charge in [0.25, 0.3) is 5.91 Å². The minimum atomic E-state index is -0.565. The summed E-state index contributed by atoms with van der Waals surface area (Å²) in [5.74, 6) is -0.954. The summed E-state index contributed by atoms with van der Waals surface area (Å²) in [6.07, 6.45) is 0. The number of thiophene rings is 1. The molecular formula is C23H17ClN2O3S. The van der Waals surface area contributed by atoms with Crippen molar-refractivity contribution >= 4 is 45.7 Å². The van der Waals surface area contributed by atoms with Crippen LogP contribution in [0, 0.1) is 0 Å². The van der Waals surface area contributed by atoms with Crippen LogP contribution in [0.25, 0.3) is 21.5 Å². The molecule has 1 amide bonds. The van der Waals surface area contributed by atoms with Crippen LogP contribution in [0.3, 0.4) is 0 Å². The fourth-order valence-electron chi connectivity index (χ4n) is 3.00. The van der Waals surface area contributed by atoms with Gasteiger partial charge in [0.2, 0.25) is 0 Å². The second kappa shape index (κ2) is 9.07. The normalized spacial score (nSPS) is 10.7. The topological polar surface area (TPSA) is 68.3 Å². The summed E-state index contributed by atoms with van der Waals surface area (Å²) in [5, 5.41) is 5.95. The summed E-state index contributed by atoms with van der Waals surface area (Å²) >= 11 is 7.48. The predicted molar refractivity (Wildman–Crippen MR) is 119 cm³/mol. The maximum atomic E-state index is 12.8. The lowest BCUT2D eigenvalue weighted by Gasteiger charge is -2.10. The Morgan fingerprint density at radius 1 is 1.03 bits per heavy atom. The first kappa shape index (κ1) is 20.1. The number of hydrogen-bond donors (Lipinski definition) is 1. The van der Waals surface area contributed by atoms with Crippen LogP contribution < -0.4 is 5.32 Å². The molecule has 150 valence electrons. The van der Waals surface area contributed by atoms with Crippen molar-refractivity contribution in [2.75, 3.05) is 6.61 Å². The third-order valence-electron chi connectivity index (χ3n) is 4.42. The number of fused-ring (bicyclic) bond motifs is 1. The van der Waals surface area contributed by atoms with E-state index in [9.17, 15) is 9.59 Å². The van der Waals surface area contributed by atoms with E-state index in [1.54, 1.807) is 29.5 Å². The van der Waals surface area contributed by atoms with Crippen LogP contribution in [-0.2, 0) is 16.1 Å². The third kappa shape index (κ3) is 4.67. The predicted octanol–water partition coefficient (Wildman–Crippen LogP) is 5.09. The zero-order valence-electron chi connectivity index (χ0n) is 15.8. The highest BCUT2D eigenvalue weighted by Gasteiger charge is 2.16. The lowest BCUT2D eigenvalue weighted by Crippen LogP contribution is -2.28. The number of rotatable bonds is 6. The number of pyridine rings is 1. The van der Waals surface area contributed by atoms with E-state index in [2.05, 4.69) is 10.3 Å². The summed E-state index contributed by atoms with van der Waals surface area (Å²) in [7, 11) is 0. The second-order valence-corrected chi connectivity index (χ2v) is 7.92. The number of halogens is 1. The van der Waals surface area contributed by atoms with E-state index in [4.69, 9.17) is 16.3 Å². The molecule has 0 atom stereocenters. The summed E-state index contributed by atoms with van der Waals surface area (Å²) in [5.41, 5.74) is 2.64. The van der Waals surface area contributed by atoms with Gasteiger partial charge in [-0.15, -0.1) is 11.3 Å². The van der Waals surface area contributed by atoms with Crippen LogP contribution in [0.15, 0.2) is 72.1 Å². The van der Waals surface area contributed by atoms with Crippen LogP contribution in [-0.4, -0.2) is 23.5 Å². The summed E-state index contributed by atoms with van der Waals surface area (Å²) in [6, 6.07) is 20.1. The number of nitrogens with zero attached hydrogens (tertiary/aromatic N) is 1. The number of benzene rings is 2. The summed E-state index contributed by atoms with van der Waals surface area (Å²) in [6.45, 7) is -0.0674. The van der Waals surface area contributed by atoms with Crippen molar-refractivity contribution in [1.82, 2.24) is 10.3 Å². The molecule has 4 aromatic rings. The van der Waals surface area contributed by atoms with Crippen LogP contribution in [0.2, 0.25) is 5.02 Å². The van der Waals surface area contributed by atoms with E-state index in [1.165, 1.54) is 0 Å². The smallest absolute Gasteiger partial charge is 0.339 e. The van der Waals surface area contributed by atoms with E-state index in [0.29, 0.717) is 33.7 Å². The number of hydrogen-bond acceptors (Lipinski definition) is 5. The molecule has 1 N–H and O–H groups in total. The second-order valence-electron chi connectivity index (χ2n) is 6.53. The van der Waals surface area contributed by atoms with Crippen molar-refractivity contribution in [3.8, 4) is 10.6 Å². The third-order valence-corrected chi connectivity index (χ3v) is 5.55. The molecule has 0 spiro atoms. The van der Waals surface area contributed by atoms with E-state index in [1.807, 2.05) is 53.9 Å². The van der Waals surface area contributed by atoms with E-state index in [-0.39, 0.29) is 12.5 Å². The number of esters is 1. The van der Waals surface area contributed by atoms with Gasteiger partial charge in [-0.1, -0.05) is 48.0 Å². The Labute approximate surface area is 182 Å². The van der Waals surface area contributed by atoms with Gasteiger partial charge in [0.05, 0.1) is 21.7 Å². The summed E-state index contributed by atoms with van der Waals surface area (Å²) in [4.78, 5) is 30.5. The van der Waals surface area contributed by atoms with Gasteiger partial charge in [-0.05, 0) is 41.3 Å².